The Morgan fingerprint density at radius 2 is 1.66 bits per heavy atom. The number of aliphatic carboxylic acids is 1. The Balaban J connectivity index is 1.88. The Bertz CT molecular complexity index is 1270. The van der Waals surface area contributed by atoms with E-state index < -0.39 is 69.5 Å². The lowest BCUT2D eigenvalue weighted by Crippen LogP contribution is -2.65. The van der Waals surface area contributed by atoms with Crippen LogP contribution in [0.5, 0.6) is 0 Å². The minimum atomic E-state index is -1.43. The number of ether oxygens (including phenoxy) is 1. The molecule has 226 valence electrons. The zero-order chi connectivity index (χ0) is 31.0. The number of carboxylic acid groups (broad SMARTS) is 1. The van der Waals surface area contributed by atoms with Gasteiger partial charge in [0, 0.05) is 25.3 Å². The molecule has 0 bridgehead atoms. The van der Waals surface area contributed by atoms with E-state index in [2.05, 4.69) is 0 Å². The van der Waals surface area contributed by atoms with E-state index in [1.54, 1.807) is 20.8 Å². The summed E-state index contributed by atoms with van der Waals surface area (Å²) in [5, 5.41) is 31.9. The highest BCUT2D eigenvalue weighted by Gasteiger charge is 2.72. The second kappa shape index (κ2) is 9.97. The number of hydrogen-bond acceptors (Lipinski definition) is 8. The predicted molar refractivity (Wildman–Crippen MR) is 148 cm³/mol. The minimum Gasteiger partial charge on any atom is -0.481 e. The quantitative estimate of drug-likeness (QED) is 0.388. The van der Waals surface area contributed by atoms with Crippen molar-refractivity contribution in [3.63, 3.8) is 0 Å². The molecule has 2 unspecified atom stereocenters. The van der Waals surface area contributed by atoms with Gasteiger partial charge in [0.1, 0.15) is 5.78 Å². The first-order chi connectivity index (χ1) is 18.8. The molecular formula is C32H44O9. The summed E-state index contributed by atoms with van der Waals surface area (Å²) in [4.78, 5) is 65.3. The number of esters is 1. The maximum Gasteiger partial charge on any atom is 0.306 e. The second-order valence-corrected chi connectivity index (χ2v) is 14.1. The van der Waals surface area contributed by atoms with Crippen LogP contribution in [0.2, 0.25) is 0 Å². The summed E-state index contributed by atoms with van der Waals surface area (Å²) < 4.78 is 5.79. The number of aliphatic hydroxyl groups is 2. The molecule has 0 saturated heterocycles. The van der Waals surface area contributed by atoms with Gasteiger partial charge in [0.05, 0.1) is 29.0 Å². The number of hydrogen-bond donors (Lipinski definition) is 3. The highest BCUT2D eigenvalue weighted by atomic mass is 16.5. The molecule has 1 fully saturated rings. The van der Waals surface area contributed by atoms with Crippen LogP contribution >= 0.6 is 0 Å². The number of allylic oxidation sites excluding steroid dienone is 1. The molecule has 9 heteroatoms. The van der Waals surface area contributed by atoms with Crippen molar-refractivity contribution in [3.05, 3.63) is 22.8 Å². The van der Waals surface area contributed by atoms with Gasteiger partial charge in [-0.3, -0.25) is 24.0 Å². The fraction of sp³-hybridized carbons (Fsp3) is 0.719. The minimum absolute atomic E-state index is 0.0519. The monoisotopic (exact) mass is 572 g/mol. The maximum atomic E-state index is 14.6. The van der Waals surface area contributed by atoms with Gasteiger partial charge < -0.3 is 20.1 Å². The summed E-state index contributed by atoms with van der Waals surface area (Å²) in [6.07, 6.45) is -0.728. The summed E-state index contributed by atoms with van der Waals surface area (Å²) in [5.74, 6) is -4.53. The summed E-state index contributed by atoms with van der Waals surface area (Å²) in [6.45, 7) is 13.6. The number of aliphatic hydroxyl groups excluding tert-OH is 2. The third kappa shape index (κ3) is 4.29. The summed E-state index contributed by atoms with van der Waals surface area (Å²) in [7, 11) is 0. The number of fused-ring (bicyclic) bond motifs is 4. The van der Waals surface area contributed by atoms with E-state index >= 15 is 0 Å². The van der Waals surface area contributed by atoms with Gasteiger partial charge >= 0.3 is 11.9 Å². The van der Waals surface area contributed by atoms with Crippen molar-refractivity contribution in [3.8, 4) is 0 Å². The first kappa shape index (κ1) is 31.3. The molecule has 0 aromatic rings. The normalized spacial score (nSPS) is 39.2. The lowest BCUT2D eigenvalue weighted by atomic mass is 9.42. The topological polar surface area (TPSA) is 155 Å². The molecule has 0 radical (unpaired) electrons. The largest absolute Gasteiger partial charge is 0.481 e. The van der Waals surface area contributed by atoms with Crippen molar-refractivity contribution >= 4 is 29.3 Å². The predicted octanol–water partition coefficient (Wildman–Crippen LogP) is 3.59. The number of carbonyl (C=O) groups is 5. The molecule has 0 aromatic carbocycles. The van der Waals surface area contributed by atoms with E-state index in [1.807, 2.05) is 20.8 Å². The molecular weight excluding hydrogens is 528 g/mol. The van der Waals surface area contributed by atoms with E-state index in [9.17, 15) is 39.3 Å². The van der Waals surface area contributed by atoms with Crippen molar-refractivity contribution in [2.75, 3.05) is 0 Å². The lowest BCUT2D eigenvalue weighted by Gasteiger charge is -2.62. The number of rotatable bonds is 7. The van der Waals surface area contributed by atoms with Crippen LogP contribution in [0.1, 0.15) is 87.5 Å². The first-order valence-electron chi connectivity index (χ1n) is 14.6. The molecule has 41 heavy (non-hydrogen) atoms. The fourth-order valence-corrected chi connectivity index (χ4v) is 8.87. The van der Waals surface area contributed by atoms with Crippen molar-refractivity contribution < 1.29 is 44.0 Å². The average molecular weight is 573 g/mol. The van der Waals surface area contributed by atoms with Crippen molar-refractivity contribution in [2.45, 2.75) is 106 Å². The zero-order valence-corrected chi connectivity index (χ0v) is 25.4. The molecule has 4 aliphatic rings. The van der Waals surface area contributed by atoms with Crippen LogP contribution in [0.3, 0.4) is 0 Å². The van der Waals surface area contributed by atoms with E-state index in [0.717, 1.165) is 0 Å². The number of carboxylic acids is 1. The van der Waals surface area contributed by atoms with Crippen molar-refractivity contribution in [2.24, 2.45) is 39.4 Å². The lowest BCUT2D eigenvalue weighted by molar-refractivity contribution is -0.171. The van der Waals surface area contributed by atoms with Gasteiger partial charge in [-0.15, -0.1) is 0 Å². The molecule has 0 heterocycles. The molecule has 0 aliphatic heterocycles. The molecule has 1 saturated carbocycles. The van der Waals surface area contributed by atoms with Gasteiger partial charge in [-0.1, -0.05) is 47.1 Å². The van der Waals surface area contributed by atoms with Crippen LogP contribution < -0.4 is 0 Å². The standard InChI is InChI=1S/C32H44O9/c1-15(11-18(34)12-16(2)28(39)40)19-13-23(37)32(8)24-20(35)14-21-29(4,5)22(36)9-10-30(21,6)25(24)26(38)27(31(19,32)7)41-17(3)33/h13,15-16,20-22,27,35-36H,9-12,14H2,1-8H3,(H,39,40)/t15-,16?,20+,21?,22+,27-,30+,31+,32+/m1/s1. The SMILES string of the molecule is CC(=O)O[C@@H]1C(=O)C2=C([C@@H](O)CC3C(C)(C)[C@@H](O)CC[C@]23C)[C@]2(C)C(=O)C=C([C@H](C)CC(=O)CC(C)C(=O)O)[C@@]12C. The van der Waals surface area contributed by atoms with Crippen LogP contribution in [-0.4, -0.2) is 62.9 Å². The third-order valence-electron chi connectivity index (χ3n) is 11.4. The van der Waals surface area contributed by atoms with Crippen LogP contribution in [0.4, 0.5) is 0 Å². The molecule has 9 atom stereocenters. The Morgan fingerprint density at radius 3 is 2.22 bits per heavy atom. The van der Waals surface area contributed by atoms with Gasteiger partial charge in [-0.05, 0) is 60.5 Å². The Hall–Kier alpha value is -2.65. The third-order valence-corrected chi connectivity index (χ3v) is 11.4. The number of Topliss-reactive ketones (excluding diaryl/α,β-unsaturated/α-hetero) is 2. The van der Waals surface area contributed by atoms with Crippen molar-refractivity contribution in [1.29, 1.82) is 0 Å². The highest BCUT2D eigenvalue weighted by Crippen LogP contribution is 2.69. The Kier molecular flexibility index (Phi) is 7.61. The summed E-state index contributed by atoms with van der Waals surface area (Å²) in [6, 6.07) is 0. The molecule has 4 aliphatic carbocycles. The average Bonchev–Trinajstić information content (AvgIpc) is 3.07. The van der Waals surface area contributed by atoms with Crippen LogP contribution in [0.25, 0.3) is 0 Å². The number of carbonyl (C=O) groups excluding carboxylic acids is 4. The Labute approximate surface area is 241 Å². The smallest absolute Gasteiger partial charge is 0.306 e. The molecule has 0 spiro atoms. The Morgan fingerprint density at radius 1 is 1.05 bits per heavy atom. The fourth-order valence-electron chi connectivity index (χ4n) is 8.87. The van der Waals surface area contributed by atoms with E-state index in [0.29, 0.717) is 29.6 Å². The van der Waals surface area contributed by atoms with Gasteiger partial charge in [-0.2, -0.15) is 0 Å². The second-order valence-electron chi connectivity index (χ2n) is 14.1. The van der Waals surface area contributed by atoms with E-state index in [1.165, 1.54) is 19.9 Å². The van der Waals surface area contributed by atoms with Crippen molar-refractivity contribution in [1.82, 2.24) is 0 Å². The maximum absolute atomic E-state index is 14.6. The number of ketones is 3. The molecule has 0 amide bonds. The van der Waals surface area contributed by atoms with Gasteiger partial charge in [0.2, 0.25) is 5.78 Å². The molecule has 4 rings (SSSR count). The van der Waals surface area contributed by atoms with E-state index in [4.69, 9.17) is 4.74 Å². The first-order valence-corrected chi connectivity index (χ1v) is 14.6. The van der Waals surface area contributed by atoms with Crippen LogP contribution in [0.15, 0.2) is 22.8 Å². The van der Waals surface area contributed by atoms with Gasteiger partial charge in [0.15, 0.2) is 11.9 Å². The van der Waals surface area contributed by atoms with Gasteiger partial charge in [-0.25, -0.2) is 0 Å². The van der Waals surface area contributed by atoms with E-state index in [-0.39, 0.29) is 36.7 Å². The highest BCUT2D eigenvalue weighted by molar-refractivity contribution is 6.12. The molecule has 9 nitrogen and oxygen atoms in total. The molecule has 3 N–H and O–H groups in total. The summed E-state index contributed by atoms with van der Waals surface area (Å²) in [5.41, 5.74) is -3.03. The summed E-state index contributed by atoms with van der Waals surface area (Å²) >= 11 is 0. The molecule has 0 aromatic heterocycles. The van der Waals surface area contributed by atoms with Crippen LogP contribution in [0, 0.1) is 39.4 Å². The zero-order valence-electron chi connectivity index (χ0n) is 25.4. The van der Waals surface area contributed by atoms with Crippen LogP contribution in [-0.2, 0) is 28.7 Å². The van der Waals surface area contributed by atoms with Gasteiger partial charge in [0.25, 0.3) is 0 Å².